The van der Waals surface area contributed by atoms with Crippen LogP contribution in [0.2, 0.25) is 0 Å². The number of H-pyrrole nitrogens is 2. The Labute approximate surface area is 216 Å². The van der Waals surface area contributed by atoms with Gasteiger partial charge in [0.1, 0.15) is 11.4 Å². The summed E-state index contributed by atoms with van der Waals surface area (Å²) in [5.41, 5.74) is 5.68. The van der Waals surface area contributed by atoms with E-state index in [9.17, 15) is 9.59 Å². The second-order valence-corrected chi connectivity index (χ2v) is 10.5. The average Bonchev–Trinajstić information content (AvgIpc) is 3.67. The molecular weight excluding hydrogens is 464 g/mol. The van der Waals surface area contributed by atoms with E-state index in [4.69, 9.17) is 4.98 Å². The van der Waals surface area contributed by atoms with Crippen LogP contribution in [0.5, 0.6) is 0 Å². The summed E-state index contributed by atoms with van der Waals surface area (Å²) in [5.74, 6) is 0.583. The van der Waals surface area contributed by atoms with E-state index in [1.165, 1.54) is 31.5 Å². The molecule has 37 heavy (non-hydrogen) atoms. The minimum absolute atomic E-state index is 0.0762. The molecule has 0 saturated carbocycles. The fourth-order valence-corrected chi connectivity index (χ4v) is 5.86. The van der Waals surface area contributed by atoms with E-state index in [0.29, 0.717) is 23.4 Å². The maximum atomic E-state index is 13.1. The van der Waals surface area contributed by atoms with Crippen molar-refractivity contribution in [2.75, 3.05) is 31.5 Å². The van der Waals surface area contributed by atoms with Crippen molar-refractivity contribution in [2.45, 2.75) is 51.6 Å². The number of pyridine rings is 1. The molecule has 0 radical (unpaired) electrons. The Morgan fingerprint density at radius 2 is 2.03 bits per heavy atom. The zero-order chi connectivity index (χ0) is 25.4. The van der Waals surface area contributed by atoms with Gasteiger partial charge in [0.15, 0.2) is 0 Å². The van der Waals surface area contributed by atoms with Crippen molar-refractivity contribution in [3.8, 4) is 11.4 Å². The lowest BCUT2D eigenvalue weighted by atomic mass is 10.1. The molecule has 8 nitrogen and oxygen atoms in total. The summed E-state index contributed by atoms with van der Waals surface area (Å²) in [5, 5.41) is 3.51. The van der Waals surface area contributed by atoms with Crippen LogP contribution in [0.1, 0.15) is 54.9 Å². The molecule has 0 spiro atoms. The van der Waals surface area contributed by atoms with Crippen molar-refractivity contribution in [1.29, 1.82) is 0 Å². The minimum atomic E-state index is -0.203. The third-order valence-electron chi connectivity index (χ3n) is 7.70. The number of carbonyl (C=O) groups is 1. The maximum Gasteiger partial charge on any atom is 0.261 e. The average molecular weight is 499 g/mol. The van der Waals surface area contributed by atoms with Gasteiger partial charge in [0.25, 0.3) is 11.5 Å². The first-order valence-corrected chi connectivity index (χ1v) is 13.4. The van der Waals surface area contributed by atoms with Crippen LogP contribution in [0.4, 0.5) is 5.69 Å². The minimum Gasteiger partial charge on any atom is -0.381 e. The number of nitrogens with zero attached hydrogens (tertiary/aromatic N) is 3. The van der Waals surface area contributed by atoms with Crippen molar-refractivity contribution < 1.29 is 4.79 Å². The van der Waals surface area contributed by atoms with Crippen LogP contribution in [0, 0.1) is 0 Å². The Bertz CT molecular complexity index is 1440. The highest BCUT2D eigenvalue weighted by Crippen LogP contribution is 2.30. The maximum absolute atomic E-state index is 13.1. The fourth-order valence-electron chi connectivity index (χ4n) is 5.86. The zero-order valence-corrected chi connectivity index (χ0v) is 21.3. The summed E-state index contributed by atoms with van der Waals surface area (Å²) in [7, 11) is 0. The number of hydrogen-bond donors (Lipinski definition) is 3. The standard InChI is InChI=1S/C29H34N6O2/c1-19(15-20-7-2-3-8-20)31-23-9-10-30-28(36)26(23)27-32-24-16-21-18-35(14-6-13-34-11-4-5-12-34)29(37)22(21)17-25(24)33-27/h2-3,7,9-10,16-17,19H,4-6,8,11-15,18H2,1H3,(H,32,33)(H2,30,31,36)/t19-/m0/s1. The summed E-state index contributed by atoms with van der Waals surface area (Å²) >= 11 is 0. The van der Waals surface area contributed by atoms with Crippen molar-refractivity contribution in [1.82, 2.24) is 24.8 Å². The fraction of sp³-hybridized carbons (Fsp3) is 0.414. The molecule has 3 aliphatic rings. The van der Waals surface area contributed by atoms with Gasteiger partial charge in [-0.25, -0.2) is 4.98 Å². The van der Waals surface area contributed by atoms with Gasteiger partial charge < -0.3 is 25.1 Å². The van der Waals surface area contributed by atoms with E-state index >= 15 is 0 Å². The Morgan fingerprint density at radius 3 is 2.84 bits per heavy atom. The molecule has 192 valence electrons. The van der Waals surface area contributed by atoms with Crippen molar-refractivity contribution in [2.24, 2.45) is 0 Å². The number of fused-ring (bicyclic) bond motifs is 2. The smallest absolute Gasteiger partial charge is 0.261 e. The van der Waals surface area contributed by atoms with Crippen molar-refractivity contribution in [3.05, 3.63) is 69.7 Å². The van der Waals surface area contributed by atoms with Crippen LogP contribution in [0.3, 0.4) is 0 Å². The van der Waals surface area contributed by atoms with Gasteiger partial charge in [0.05, 0.1) is 16.7 Å². The quantitative estimate of drug-likeness (QED) is 0.405. The number of hydrogen-bond acceptors (Lipinski definition) is 5. The lowest BCUT2D eigenvalue weighted by molar-refractivity contribution is 0.0772. The molecule has 4 heterocycles. The Hall–Kier alpha value is -3.65. The van der Waals surface area contributed by atoms with Gasteiger partial charge in [-0.15, -0.1) is 0 Å². The molecule has 3 aromatic rings. The Morgan fingerprint density at radius 1 is 1.16 bits per heavy atom. The highest BCUT2D eigenvalue weighted by atomic mass is 16.2. The zero-order valence-electron chi connectivity index (χ0n) is 21.3. The van der Waals surface area contributed by atoms with E-state index in [1.807, 2.05) is 23.1 Å². The number of aromatic nitrogens is 3. The van der Waals surface area contributed by atoms with Gasteiger partial charge in [0.2, 0.25) is 0 Å². The summed E-state index contributed by atoms with van der Waals surface area (Å²) in [6.45, 7) is 6.94. The van der Waals surface area contributed by atoms with Crippen LogP contribution >= 0.6 is 0 Å². The number of allylic oxidation sites excluding steroid dienone is 3. The number of nitrogens with one attached hydrogen (secondary N) is 3. The van der Waals surface area contributed by atoms with Gasteiger partial charge in [0, 0.05) is 30.9 Å². The molecule has 3 N–H and O–H groups in total. The van der Waals surface area contributed by atoms with Gasteiger partial charge in [-0.1, -0.05) is 23.8 Å². The van der Waals surface area contributed by atoms with E-state index in [1.54, 1.807) is 6.20 Å². The molecule has 1 atom stereocenters. The SMILES string of the molecule is C[C@@H](CC1=CC=CC1)Nc1cc[nH]c(=O)c1-c1nc2cc3c(cc2[nH]1)CN(CCCN1CCCC1)C3=O. The number of likely N-dealkylation sites (tertiary alicyclic amines) is 1. The Kier molecular flexibility index (Phi) is 6.42. The predicted molar refractivity (Wildman–Crippen MR) is 147 cm³/mol. The second-order valence-electron chi connectivity index (χ2n) is 10.5. The third kappa shape index (κ3) is 4.85. The van der Waals surface area contributed by atoms with Gasteiger partial charge >= 0.3 is 0 Å². The summed E-state index contributed by atoms with van der Waals surface area (Å²) in [4.78, 5) is 41.3. The Balaban J connectivity index is 1.20. The third-order valence-corrected chi connectivity index (χ3v) is 7.70. The van der Waals surface area contributed by atoms with Gasteiger partial charge in [-0.05, 0) is 82.4 Å². The summed E-state index contributed by atoms with van der Waals surface area (Å²) in [6.07, 6.45) is 13.5. The molecule has 0 unspecified atom stereocenters. The molecular formula is C29H34N6O2. The van der Waals surface area contributed by atoms with Gasteiger partial charge in [-0.2, -0.15) is 0 Å². The van der Waals surface area contributed by atoms with Gasteiger partial charge in [-0.3, -0.25) is 9.59 Å². The van der Waals surface area contributed by atoms with Crippen LogP contribution < -0.4 is 10.9 Å². The molecule has 1 amide bonds. The first-order valence-electron chi connectivity index (χ1n) is 13.4. The predicted octanol–water partition coefficient (Wildman–Crippen LogP) is 4.44. The molecule has 1 fully saturated rings. The largest absolute Gasteiger partial charge is 0.381 e. The van der Waals surface area contributed by atoms with E-state index in [2.05, 4.69) is 45.3 Å². The molecule has 1 aliphatic carbocycles. The molecule has 6 rings (SSSR count). The molecule has 2 aliphatic heterocycles. The second kappa shape index (κ2) is 10.0. The monoisotopic (exact) mass is 498 g/mol. The first-order chi connectivity index (χ1) is 18.0. The number of rotatable bonds is 9. The number of imidazole rings is 1. The molecule has 1 saturated heterocycles. The van der Waals surface area contributed by atoms with Crippen molar-refractivity contribution >= 4 is 22.6 Å². The number of anilines is 1. The summed E-state index contributed by atoms with van der Waals surface area (Å²) < 4.78 is 0. The normalized spacial score (nSPS) is 18.1. The number of aromatic amines is 2. The lowest BCUT2D eigenvalue weighted by Crippen LogP contribution is -2.29. The number of benzene rings is 1. The van der Waals surface area contributed by atoms with Crippen LogP contribution in [0.25, 0.3) is 22.4 Å². The van der Waals surface area contributed by atoms with Crippen LogP contribution in [0.15, 0.2) is 53.0 Å². The van der Waals surface area contributed by atoms with E-state index in [0.717, 1.165) is 54.7 Å². The molecule has 0 bridgehead atoms. The van der Waals surface area contributed by atoms with Crippen LogP contribution in [-0.4, -0.2) is 62.9 Å². The topological polar surface area (TPSA) is 97.1 Å². The van der Waals surface area contributed by atoms with E-state index < -0.39 is 0 Å². The van der Waals surface area contributed by atoms with E-state index in [-0.39, 0.29) is 17.5 Å². The molecule has 1 aromatic carbocycles. The lowest BCUT2D eigenvalue weighted by Gasteiger charge is -2.19. The molecule has 8 heteroatoms. The number of amides is 1. The molecule has 2 aromatic heterocycles. The van der Waals surface area contributed by atoms with Crippen LogP contribution in [-0.2, 0) is 6.54 Å². The first kappa shape index (κ1) is 23.7. The van der Waals surface area contributed by atoms with Crippen molar-refractivity contribution in [3.63, 3.8) is 0 Å². The highest BCUT2D eigenvalue weighted by molar-refractivity contribution is 6.02. The summed E-state index contributed by atoms with van der Waals surface area (Å²) in [6, 6.07) is 5.94. The highest BCUT2D eigenvalue weighted by Gasteiger charge is 2.28. The number of carbonyl (C=O) groups excluding carboxylic acids is 1.